The van der Waals surface area contributed by atoms with Crippen LogP contribution in [-0.4, -0.2) is 4.98 Å². The lowest BCUT2D eigenvalue weighted by molar-refractivity contribution is 1.29. The van der Waals surface area contributed by atoms with E-state index in [2.05, 4.69) is 163 Å². The summed E-state index contributed by atoms with van der Waals surface area (Å²) in [6.45, 7) is 0. The molecule has 1 aliphatic carbocycles. The maximum atomic E-state index is 5.21. The summed E-state index contributed by atoms with van der Waals surface area (Å²) in [5.74, 6) is 0. The smallest absolute Gasteiger partial charge is 0.124 e. The first-order valence-electron chi connectivity index (χ1n) is 15.8. The second-order valence-electron chi connectivity index (χ2n) is 12.0. The minimum atomic E-state index is 1.05. The van der Waals surface area contributed by atoms with E-state index in [1.54, 1.807) is 11.3 Å². The quantitative estimate of drug-likeness (QED) is 0.187. The molecule has 0 saturated carbocycles. The standard InChI is InChI=1S/C43H26N2S2/c1-2-10-27(11-3-1)32-14-4-6-18-37(32)45(31-24-25-39-36(26-31)33-15-5-7-19-38(33)46-39)30-22-20-29(21-23-30)43-44-41-34-16-8-12-28-13-9-17-35(40(28)34)42(41)47-43/h1-26H. The predicted molar refractivity (Wildman–Crippen MR) is 202 cm³/mol. The fourth-order valence-corrected chi connectivity index (χ4v) is 9.30. The molecule has 0 saturated heterocycles. The zero-order valence-corrected chi connectivity index (χ0v) is 26.9. The summed E-state index contributed by atoms with van der Waals surface area (Å²) in [7, 11) is 0. The molecule has 0 unspecified atom stereocenters. The first-order chi connectivity index (χ1) is 23.3. The van der Waals surface area contributed by atoms with Crippen molar-refractivity contribution >= 4 is 70.7 Å². The number of thiophene rings is 1. The first kappa shape index (κ1) is 26.6. The van der Waals surface area contributed by atoms with E-state index in [1.807, 2.05) is 11.3 Å². The van der Waals surface area contributed by atoms with Crippen LogP contribution in [0.3, 0.4) is 0 Å². The monoisotopic (exact) mass is 634 g/mol. The molecule has 7 aromatic carbocycles. The Balaban J connectivity index is 1.11. The predicted octanol–water partition coefficient (Wildman–Crippen LogP) is 13.1. The van der Waals surface area contributed by atoms with Crippen LogP contribution in [0.25, 0.3) is 74.3 Å². The Kier molecular flexibility index (Phi) is 5.95. The van der Waals surface area contributed by atoms with Gasteiger partial charge in [0.05, 0.1) is 16.3 Å². The van der Waals surface area contributed by atoms with Crippen molar-refractivity contribution in [3.63, 3.8) is 0 Å². The van der Waals surface area contributed by atoms with E-state index < -0.39 is 0 Å². The van der Waals surface area contributed by atoms with Gasteiger partial charge in [0.15, 0.2) is 0 Å². The van der Waals surface area contributed by atoms with Crippen molar-refractivity contribution in [3.05, 3.63) is 158 Å². The molecule has 1 aliphatic rings. The van der Waals surface area contributed by atoms with Crippen molar-refractivity contribution in [1.29, 1.82) is 0 Å². The van der Waals surface area contributed by atoms with Crippen LogP contribution in [0.15, 0.2) is 158 Å². The third-order valence-electron chi connectivity index (χ3n) is 9.25. The maximum Gasteiger partial charge on any atom is 0.124 e. The highest BCUT2D eigenvalue weighted by Gasteiger charge is 2.26. The molecule has 10 rings (SSSR count). The zero-order chi connectivity index (χ0) is 30.9. The highest BCUT2D eigenvalue weighted by atomic mass is 32.1. The summed E-state index contributed by atoms with van der Waals surface area (Å²) in [6, 6.07) is 57.1. The number of para-hydroxylation sites is 1. The fourth-order valence-electron chi connectivity index (χ4n) is 7.10. The molecule has 0 atom stereocenters. The van der Waals surface area contributed by atoms with Gasteiger partial charge in [-0.1, -0.05) is 103 Å². The van der Waals surface area contributed by atoms with E-state index in [0.29, 0.717) is 0 Å². The summed E-state index contributed by atoms with van der Waals surface area (Å²) >= 11 is 3.64. The van der Waals surface area contributed by atoms with Crippen molar-refractivity contribution in [3.8, 4) is 43.4 Å². The molecular weight excluding hydrogens is 609 g/mol. The summed E-state index contributed by atoms with van der Waals surface area (Å²) in [5, 5.41) is 6.24. The second kappa shape index (κ2) is 10.5. The topological polar surface area (TPSA) is 16.1 Å². The van der Waals surface area contributed by atoms with Crippen molar-refractivity contribution in [2.45, 2.75) is 0 Å². The van der Waals surface area contributed by atoms with E-state index >= 15 is 0 Å². The number of anilines is 3. The molecule has 0 spiro atoms. The Morgan fingerprint density at radius 3 is 2.04 bits per heavy atom. The van der Waals surface area contributed by atoms with Gasteiger partial charge < -0.3 is 4.90 Å². The normalized spacial score (nSPS) is 11.8. The number of fused-ring (bicyclic) bond motifs is 6. The zero-order valence-electron chi connectivity index (χ0n) is 25.2. The van der Waals surface area contributed by atoms with Crippen molar-refractivity contribution < 1.29 is 0 Å². The van der Waals surface area contributed by atoms with Crippen molar-refractivity contribution in [2.24, 2.45) is 0 Å². The Bertz CT molecular complexity index is 2570. The molecule has 0 aliphatic heterocycles. The lowest BCUT2D eigenvalue weighted by Gasteiger charge is -2.28. The number of nitrogens with zero attached hydrogens (tertiary/aromatic N) is 2. The molecule has 9 aromatic rings. The minimum Gasteiger partial charge on any atom is -0.310 e. The number of thiazole rings is 1. The second-order valence-corrected chi connectivity index (χ2v) is 14.0. The Labute approximate surface area is 280 Å². The fraction of sp³-hybridized carbons (Fsp3) is 0. The third kappa shape index (κ3) is 4.19. The molecule has 2 nitrogen and oxygen atoms in total. The molecule has 4 heteroatoms. The van der Waals surface area contributed by atoms with E-state index in [4.69, 9.17) is 4.98 Å². The van der Waals surface area contributed by atoms with Crippen LogP contribution in [0.4, 0.5) is 17.1 Å². The van der Waals surface area contributed by atoms with E-state index in [-0.39, 0.29) is 0 Å². The molecule has 2 aromatic heterocycles. The number of hydrogen-bond donors (Lipinski definition) is 0. The number of aromatic nitrogens is 1. The van der Waals surface area contributed by atoms with Gasteiger partial charge in [-0.2, -0.15) is 0 Å². The highest BCUT2D eigenvalue weighted by molar-refractivity contribution is 7.25. The van der Waals surface area contributed by atoms with Gasteiger partial charge in [0.2, 0.25) is 0 Å². The summed E-state index contributed by atoms with van der Waals surface area (Å²) in [6.07, 6.45) is 0. The van der Waals surface area contributed by atoms with Gasteiger partial charge in [0.1, 0.15) is 5.01 Å². The molecule has 0 N–H and O–H groups in total. The van der Waals surface area contributed by atoms with Crippen molar-refractivity contribution in [1.82, 2.24) is 4.98 Å². The summed E-state index contributed by atoms with van der Waals surface area (Å²) in [5.41, 5.74) is 10.6. The minimum absolute atomic E-state index is 1.05. The van der Waals surface area contributed by atoms with E-state index in [9.17, 15) is 0 Å². The van der Waals surface area contributed by atoms with Gasteiger partial charge >= 0.3 is 0 Å². The maximum absolute atomic E-state index is 5.21. The molecule has 220 valence electrons. The van der Waals surface area contributed by atoms with Crippen LogP contribution < -0.4 is 4.90 Å². The molecule has 2 heterocycles. The number of benzene rings is 7. The summed E-state index contributed by atoms with van der Waals surface area (Å²) < 4.78 is 2.62. The average Bonchev–Trinajstić information content (AvgIpc) is 3.82. The van der Waals surface area contributed by atoms with Gasteiger partial charge in [-0.15, -0.1) is 22.7 Å². The lowest BCUT2D eigenvalue weighted by Crippen LogP contribution is -2.11. The van der Waals surface area contributed by atoms with Crippen LogP contribution in [0.5, 0.6) is 0 Å². The Morgan fingerprint density at radius 2 is 1.17 bits per heavy atom. The third-order valence-corrected chi connectivity index (χ3v) is 11.5. The van der Waals surface area contributed by atoms with Crippen molar-refractivity contribution in [2.75, 3.05) is 4.90 Å². The van der Waals surface area contributed by atoms with Gasteiger partial charge in [0.25, 0.3) is 0 Å². The molecule has 47 heavy (non-hydrogen) atoms. The van der Waals surface area contributed by atoms with Crippen LogP contribution >= 0.6 is 22.7 Å². The number of hydrogen-bond acceptors (Lipinski definition) is 4. The molecule has 0 fully saturated rings. The van der Waals surface area contributed by atoms with Gasteiger partial charge in [-0.3, -0.25) is 0 Å². The molecular formula is C43H26N2S2. The van der Waals surface area contributed by atoms with Gasteiger partial charge in [0, 0.05) is 53.8 Å². The molecule has 0 amide bonds. The largest absolute Gasteiger partial charge is 0.310 e. The Morgan fingerprint density at radius 1 is 0.468 bits per heavy atom. The van der Waals surface area contributed by atoms with Gasteiger partial charge in [-0.05, 0) is 70.9 Å². The van der Waals surface area contributed by atoms with Crippen LogP contribution in [-0.2, 0) is 0 Å². The average molecular weight is 635 g/mol. The summed E-state index contributed by atoms with van der Waals surface area (Å²) in [4.78, 5) is 8.88. The molecule has 0 bridgehead atoms. The van der Waals surface area contributed by atoms with E-state index in [0.717, 1.165) is 33.3 Å². The Hall–Kier alpha value is -5.55. The lowest BCUT2D eigenvalue weighted by atomic mass is 10.0. The first-order valence-corrected chi connectivity index (χ1v) is 17.4. The van der Waals surface area contributed by atoms with Crippen LogP contribution in [0.2, 0.25) is 0 Å². The van der Waals surface area contributed by atoms with E-state index in [1.165, 1.54) is 58.1 Å². The van der Waals surface area contributed by atoms with Crippen LogP contribution in [0.1, 0.15) is 0 Å². The number of rotatable bonds is 5. The van der Waals surface area contributed by atoms with Crippen LogP contribution in [0, 0.1) is 0 Å². The molecule has 0 radical (unpaired) electrons. The highest BCUT2D eigenvalue weighted by Crippen LogP contribution is 2.51. The SMILES string of the molecule is c1ccc(-c2ccccc2N(c2ccc(-c3nc4c(s3)-c3cccc5cccc-4c35)cc2)c2ccc3sc4ccccc4c3c2)cc1. The van der Waals surface area contributed by atoms with Gasteiger partial charge in [-0.25, -0.2) is 4.98 Å².